The number of thiophene rings is 1. The first kappa shape index (κ1) is 15.0. The number of sulfonamides is 1. The summed E-state index contributed by atoms with van der Waals surface area (Å²) in [5.41, 5.74) is 0. The second-order valence-corrected chi connectivity index (χ2v) is 8.09. The van der Waals surface area contributed by atoms with E-state index in [1.54, 1.807) is 16.3 Å². The lowest BCUT2D eigenvalue weighted by atomic mass is 10.3. The Morgan fingerprint density at radius 3 is 2.48 bits per heavy atom. The summed E-state index contributed by atoms with van der Waals surface area (Å²) in [6.07, 6.45) is 1.79. The first-order valence-electron chi connectivity index (χ1n) is 7.18. The predicted octanol–water partition coefficient (Wildman–Crippen LogP) is 0.578. The number of piperazine rings is 1. The first-order chi connectivity index (χ1) is 10.1. The van der Waals surface area contributed by atoms with Gasteiger partial charge in [0.2, 0.25) is 10.0 Å². The van der Waals surface area contributed by atoms with E-state index in [2.05, 4.69) is 5.32 Å². The maximum absolute atomic E-state index is 12.7. The summed E-state index contributed by atoms with van der Waals surface area (Å²) in [6, 6.07) is 1.56. The van der Waals surface area contributed by atoms with Gasteiger partial charge in [-0.3, -0.25) is 4.79 Å². The Balaban J connectivity index is 1.88. The molecule has 21 heavy (non-hydrogen) atoms. The van der Waals surface area contributed by atoms with Gasteiger partial charge in [-0.15, -0.1) is 11.3 Å². The van der Waals surface area contributed by atoms with Crippen molar-refractivity contribution in [3.8, 4) is 0 Å². The second-order valence-electron chi connectivity index (χ2n) is 5.27. The van der Waals surface area contributed by atoms with Crippen LogP contribution >= 0.6 is 11.3 Å². The minimum atomic E-state index is -3.53. The molecule has 1 amide bonds. The van der Waals surface area contributed by atoms with Crippen LogP contribution in [0.25, 0.3) is 0 Å². The standard InChI is InChI=1S/C13H19N3O3S2/c17-13(15-8-4-14-5-9-15)12-11(3-10-20-12)21(18,19)16-6-1-2-7-16/h3,10,14H,1-2,4-9H2. The average Bonchev–Trinajstić information content (AvgIpc) is 3.19. The molecule has 0 saturated carbocycles. The number of nitrogens with one attached hydrogen (secondary N) is 1. The van der Waals surface area contributed by atoms with Crippen molar-refractivity contribution in [3.05, 3.63) is 16.3 Å². The molecule has 3 heterocycles. The average molecular weight is 329 g/mol. The van der Waals surface area contributed by atoms with Crippen molar-refractivity contribution in [2.24, 2.45) is 0 Å². The van der Waals surface area contributed by atoms with Gasteiger partial charge >= 0.3 is 0 Å². The highest BCUT2D eigenvalue weighted by atomic mass is 32.2. The Labute approximate surface area is 128 Å². The number of amides is 1. The highest BCUT2D eigenvalue weighted by molar-refractivity contribution is 7.89. The fraction of sp³-hybridized carbons (Fsp3) is 0.615. The molecule has 116 valence electrons. The molecule has 2 saturated heterocycles. The summed E-state index contributed by atoms with van der Waals surface area (Å²) < 4.78 is 26.8. The number of carbonyl (C=O) groups is 1. The van der Waals surface area contributed by atoms with Crippen LogP contribution in [0, 0.1) is 0 Å². The van der Waals surface area contributed by atoms with Crippen molar-refractivity contribution in [3.63, 3.8) is 0 Å². The third-order valence-electron chi connectivity index (χ3n) is 3.91. The zero-order valence-electron chi connectivity index (χ0n) is 11.7. The van der Waals surface area contributed by atoms with Crippen molar-refractivity contribution in [1.29, 1.82) is 0 Å². The minimum Gasteiger partial charge on any atom is -0.335 e. The van der Waals surface area contributed by atoms with Gasteiger partial charge in [-0.1, -0.05) is 0 Å². The van der Waals surface area contributed by atoms with Gasteiger partial charge in [0, 0.05) is 39.3 Å². The SMILES string of the molecule is O=C(c1sccc1S(=O)(=O)N1CCCC1)N1CCNCC1. The third-order valence-corrected chi connectivity index (χ3v) is 6.88. The number of rotatable bonds is 3. The molecule has 0 bridgehead atoms. The summed E-state index contributed by atoms with van der Waals surface area (Å²) in [7, 11) is -3.53. The summed E-state index contributed by atoms with van der Waals surface area (Å²) >= 11 is 1.22. The van der Waals surface area contributed by atoms with Crippen LogP contribution in [0.15, 0.2) is 16.3 Å². The topological polar surface area (TPSA) is 69.7 Å². The van der Waals surface area contributed by atoms with Gasteiger partial charge < -0.3 is 10.2 Å². The van der Waals surface area contributed by atoms with Crippen LogP contribution in [0.5, 0.6) is 0 Å². The number of carbonyl (C=O) groups excluding carboxylic acids is 1. The predicted molar refractivity (Wildman–Crippen MR) is 81.1 cm³/mol. The highest BCUT2D eigenvalue weighted by Gasteiger charge is 2.33. The Hall–Kier alpha value is -0.960. The zero-order valence-corrected chi connectivity index (χ0v) is 13.4. The van der Waals surface area contributed by atoms with Gasteiger partial charge in [0.1, 0.15) is 9.77 Å². The molecule has 0 unspecified atom stereocenters. The molecule has 0 aromatic carbocycles. The molecule has 2 aliphatic heterocycles. The van der Waals surface area contributed by atoms with E-state index in [-0.39, 0.29) is 10.8 Å². The number of hydrogen-bond donors (Lipinski definition) is 1. The van der Waals surface area contributed by atoms with Gasteiger partial charge in [0.15, 0.2) is 0 Å². The van der Waals surface area contributed by atoms with E-state index in [9.17, 15) is 13.2 Å². The van der Waals surface area contributed by atoms with E-state index in [0.717, 1.165) is 25.9 Å². The van der Waals surface area contributed by atoms with E-state index in [1.807, 2.05) is 0 Å². The van der Waals surface area contributed by atoms with Crippen LogP contribution in [-0.4, -0.2) is 62.8 Å². The van der Waals surface area contributed by atoms with Crippen molar-refractivity contribution in [2.45, 2.75) is 17.7 Å². The van der Waals surface area contributed by atoms with E-state index >= 15 is 0 Å². The molecule has 2 aliphatic rings. The van der Waals surface area contributed by atoms with Gasteiger partial charge in [-0.05, 0) is 24.3 Å². The van der Waals surface area contributed by atoms with Gasteiger partial charge in [-0.25, -0.2) is 8.42 Å². The summed E-state index contributed by atoms with van der Waals surface area (Å²) in [6.45, 7) is 3.87. The Morgan fingerprint density at radius 2 is 1.81 bits per heavy atom. The van der Waals surface area contributed by atoms with Crippen molar-refractivity contribution in [2.75, 3.05) is 39.3 Å². The molecular weight excluding hydrogens is 310 g/mol. The van der Waals surface area contributed by atoms with Crippen molar-refractivity contribution >= 4 is 27.3 Å². The van der Waals surface area contributed by atoms with E-state index in [1.165, 1.54) is 15.6 Å². The van der Waals surface area contributed by atoms with Gasteiger partial charge in [0.25, 0.3) is 5.91 Å². The monoisotopic (exact) mass is 329 g/mol. The molecule has 3 rings (SSSR count). The molecule has 0 radical (unpaired) electrons. The quantitative estimate of drug-likeness (QED) is 0.881. The molecule has 2 fully saturated rings. The first-order valence-corrected chi connectivity index (χ1v) is 9.50. The molecule has 0 spiro atoms. The smallest absolute Gasteiger partial charge is 0.265 e. The second kappa shape index (κ2) is 6.04. The van der Waals surface area contributed by atoms with Crippen LogP contribution in [0.1, 0.15) is 22.5 Å². The van der Waals surface area contributed by atoms with E-state index < -0.39 is 10.0 Å². The zero-order chi connectivity index (χ0) is 14.9. The van der Waals surface area contributed by atoms with E-state index in [0.29, 0.717) is 31.1 Å². The van der Waals surface area contributed by atoms with Crippen LogP contribution in [0.2, 0.25) is 0 Å². The molecule has 8 heteroatoms. The van der Waals surface area contributed by atoms with E-state index in [4.69, 9.17) is 0 Å². The van der Waals surface area contributed by atoms with Crippen molar-refractivity contribution in [1.82, 2.24) is 14.5 Å². The number of hydrogen-bond acceptors (Lipinski definition) is 5. The molecule has 1 aromatic rings. The van der Waals surface area contributed by atoms with Gasteiger partial charge in [0.05, 0.1) is 0 Å². The maximum atomic E-state index is 12.7. The van der Waals surface area contributed by atoms with Crippen LogP contribution in [-0.2, 0) is 10.0 Å². The minimum absolute atomic E-state index is 0.163. The lowest BCUT2D eigenvalue weighted by Crippen LogP contribution is -2.46. The summed E-state index contributed by atoms with van der Waals surface area (Å²) in [4.78, 5) is 14.8. The Bertz CT molecular complexity index is 614. The molecule has 0 atom stereocenters. The summed E-state index contributed by atoms with van der Waals surface area (Å²) in [5.74, 6) is -0.163. The summed E-state index contributed by atoms with van der Waals surface area (Å²) in [5, 5.41) is 4.88. The van der Waals surface area contributed by atoms with Crippen LogP contribution in [0.4, 0.5) is 0 Å². The Morgan fingerprint density at radius 1 is 1.14 bits per heavy atom. The van der Waals surface area contributed by atoms with Crippen LogP contribution in [0.3, 0.4) is 0 Å². The van der Waals surface area contributed by atoms with Crippen molar-refractivity contribution < 1.29 is 13.2 Å². The largest absolute Gasteiger partial charge is 0.335 e. The number of nitrogens with zero attached hydrogens (tertiary/aromatic N) is 2. The van der Waals surface area contributed by atoms with Gasteiger partial charge in [-0.2, -0.15) is 4.31 Å². The van der Waals surface area contributed by atoms with Crippen LogP contribution < -0.4 is 5.32 Å². The molecular formula is C13H19N3O3S2. The molecule has 0 aliphatic carbocycles. The highest BCUT2D eigenvalue weighted by Crippen LogP contribution is 2.28. The molecule has 1 aromatic heterocycles. The molecule has 6 nitrogen and oxygen atoms in total. The fourth-order valence-electron chi connectivity index (χ4n) is 2.74. The lowest BCUT2D eigenvalue weighted by Gasteiger charge is -2.27. The Kier molecular flexibility index (Phi) is 4.30. The maximum Gasteiger partial charge on any atom is 0.265 e. The normalized spacial score (nSPS) is 20.9. The fourth-order valence-corrected chi connectivity index (χ4v) is 5.62. The lowest BCUT2D eigenvalue weighted by molar-refractivity contribution is 0.0737. The third kappa shape index (κ3) is 2.85. The molecule has 1 N–H and O–H groups in total.